The van der Waals surface area contributed by atoms with E-state index in [2.05, 4.69) is 38.5 Å². The zero-order chi connectivity index (χ0) is 29.7. The minimum absolute atomic E-state index is 0.118. The largest absolute Gasteiger partial charge is 0.372 e. The number of carbonyl (C=O) groups is 1. The van der Waals surface area contributed by atoms with E-state index in [4.69, 9.17) is 21.3 Å². The Morgan fingerprint density at radius 1 is 1.24 bits per heavy atom. The van der Waals surface area contributed by atoms with Crippen LogP contribution < -0.4 is 4.90 Å². The lowest BCUT2D eigenvalue weighted by Crippen LogP contribution is -2.58. The number of hydrogen-bond acceptors (Lipinski definition) is 6. The fraction of sp³-hybridized carbons (Fsp3) is 0.375. The van der Waals surface area contributed by atoms with Gasteiger partial charge < -0.3 is 14.5 Å². The lowest BCUT2D eigenvalue weighted by molar-refractivity contribution is -0.128. The fourth-order valence-electron chi connectivity index (χ4n) is 5.93. The minimum Gasteiger partial charge on any atom is -0.372 e. The molecule has 2 aromatic carbocycles. The number of H-pyrrole nitrogens is 1. The molecule has 0 bridgehead atoms. The molecule has 1 saturated heterocycles. The number of methoxy groups -OCH3 is 1. The zero-order valence-corrected chi connectivity index (χ0v) is 24.8. The third-order valence-electron chi connectivity index (χ3n) is 8.18. The summed E-state index contributed by atoms with van der Waals surface area (Å²) in [5.74, 6) is 6.23. The van der Waals surface area contributed by atoms with Crippen molar-refractivity contribution in [3.8, 4) is 23.0 Å². The molecule has 216 valence electrons. The number of piperazine rings is 1. The molecule has 1 N–H and O–H groups in total. The number of hydrogen-bond donors (Lipinski definition) is 1. The molecule has 1 amide bonds. The van der Waals surface area contributed by atoms with Gasteiger partial charge in [0.2, 0.25) is 11.7 Å². The number of fused-ring (bicyclic) bond motifs is 2. The Bertz CT molecular complexity index is 1800. The van der Waals surface area contributed by atoms with Crippen molar-refractivity contribution in [2.75, 3.05) is 31.7 Å². The van der Waals surface area contributed by atoms with Gasteiger partial charge >= 0.3 is 0 Å². The molecule has 2 atom stereocenters. The second-order valence-electron chi connectivity index (χ2n) is 11.2. The van der Waals surface area contributed by atoms with E-state index in [1.807, 2.05) is 32.9 Å². The number of carbonyl (C=O) groups excluding carboxylic acids is 1. The number of rotatable bonds is 5. The minimum atomic E-state index is -0.532. The van der Waals surface area contributed by atoms with E-state index >= 15 is 4.39 Å². The quantitative estimate of drug-likeness (QED) is 0.236. The number of aromatic amines is 1. The number of nitrogens with one attached hydrogen (secondary N) is 1. The van der Waals surface area contributed by atoms with Crippen LogP contribution in [0.15, 0.2) is 30.9 Å². The van der Waals surface area contributed by atoms with Crippen LogP contribution in [0, 0.1) is 24.6 Å². The van der Waals surface area contributed by atoms with Crippen molar-refractivity contribution < 1.29 is 13.9 Å². The summed E-state index contributed by atoms with van der Waals surface area (Å²) >= 11 is 6.98. The third-order valence-corrected chi connectivity index (χ3v) is 8.47. The number of ether oxygens (including phenoxy) is 1. The van der Waals surface area contributed by atoms with Gasteiger partial charge in [-0.3, -0.25) is 9.89 Å². The van der Waals surface area contributed by atoms with Gasteiger partial charge in [0.1, 0.15) is 17.9 Å². The lowest BCUT2D eigenvalue weighted by atomic mass is 9.93. The molecule has 42 heavy (non-hydrogen) atoms. The van der Waals surface area contributed by atoms with Crippen molar-refractivity contribution in [3.05, 3.63) is 58.8 Å². The van der Waals surface area contributed by atoms with Crippen molar-refractivity contribution in [2.24, 2.45) is 0 Å². The van der Waals surface area contributed by atoms with Crippen LogP contribution in [0.5, 0.6) is 0 Å². The molecule has 6 rings (SSSR count). The van der Waals surface area contributed by atoms with E-state index in [9.17, 15) is 4.79 Å². The number of aryl methyl sites for hydroxylation is 1. The van der Waals surface area contributed by atoms with E-state index < -0.39 is 5.82 Å². The monoisotopic (exact) mass is 586 g/mol. The van der Waals surface area contributed by atoms with E-state index in [1.165, 1.54) is 6.08 Å². The standard InChI is InChI=1S/C32H32ClFN6O2/c1-6-25(41)39-15-19(4)40(16-18(39)3)32-21-14-22(33)27(29(34)31(21)35-24(36-32)8-7-13-42-5)26-17(2)9-12-23-28(26)30(38-37-23)20-10-11-20/h6,9,12,14,18-20H,1,10-11,13,15-16H2,2-5H3,(H,37,38)/t18-,19+/m1/s1. The van der Waals surface area contributed by atoms with Crippen molar-refractivity contribution in [1.82, 2.24) is 25.1 Å². The van der Waals surface area contributed by atoms with Crippen LogP contribution in [0.1, 0.15) is 49.7 Å². The summed E-state index contributed by atoms with van der Waals surface area (Å²) in [6, 6.07) is 5.44. The van der Waals surface area contributed by atoms with Gasteiger partial charge in [0.15, 0.2) is 5.82 Å². The lowest BCUT2D eigenvalue weighted by Gasteiger charge is -2.44. The molecular formula is C32H32ClFN6O2. The summed E-state index contributed by atoms with van der Waals surface area (Å²) in [6.07, 6.45) is 3.45. The summed E-state index contributed by atoms with van der Waals surface area (Å²) in [6.45, 7) is 10.7. The first kappa shape index (κ1) is 28.1. The second-order valence-corrected chi connectivity index (χ2v) is 11.6. The van der Waals surface area contributed by atoms with E-state index in [0.717, 1.165) is 40.6 Å². The summed E-state index contributed by atoms with van der Waals surface area (Å²) in [5.41, 5.74) is 3.84. The van der Waals surface area contributed by atoms with Gasteiger partial charge in [0.25, 0.3) is 0 Å². The highest BCUT2D eigenvalue weighted by Crippen LogP contribution is 2.48. The molecule has 0 unspecified atom stereocenters. The highest BCUT2D eigenvalue weighted by Gasteiger charge is 2.34. The Labute approximate surface area is 248 Å². The van der Waals surface area contributed by atoms with Crippen LogP contribution >= 0.6 is 11.6 Å². The molecule has 2 aromatic heterocycles. The van der Waals surface area contributed by atoms with Gasteiger partial charge in [-0.2, -0.15) is 5.10 Å². The number of benzene rings is 2. The number of anilines is 1. The predicted octanol–water partition coefficient (Wildman–Crippen LogP) is 5.76. The number of halogens is 2. The summed E-state index contributed by atoms with van der Waals surface area (Å²) < 4.78 is 22.0. The number of amides is 1. The van der Waals surface area contributed by atoms with Crippen LogP contribution in [0.4, 0.5) is 10.2 Å². The fourth-order valence-corrected chi connectivity index (χ4v) is 6.22. The van der Waals surface area contributed by atoms with Gasteiger partial charge in [-0.15, -0.1) is 0 Å². The maximum Gasteiger partial charge on any atom is 0.246 e. The van der Waals surface area contributed by atoms with E-state index in [1.54, 1.807) is 18.1 Å². The molecule has 1 saturated carbocycles. The highest BCUT2D eigenvalue weighted by atomic mass is 35.5. The van der Waals surface area contributed by atoms with Crippen LogP contribution in [-0.2, 0) is 9.53 Å². The molecule has 3 heterocycles. The summed E-state index contributed by atoms with van der Waals surface area (Å²) in [5, 5.41) is 9.37. The normalized spacial score (nSPS) is 18.8. The number of nitrogens with zero attached hydrogens (tertiary/aromatic N) is 5. The third kappa shape index (κ3) is 4.79. The average Bonchev–Trinajstić information content (AvgIpc) is 3.73. The van der Waals surface area contributed by atoms with Gasteiger partial charge in [-0.25, -0.2) is 14.4 Å². The Kier molecular flexibility index (Phi) is 7.37. The maximum atomic E-state index is 16.9. The first-order valence-corrected chi connectivity index (χ1v) is 14.5. The van der Waals surface area contributed by atoms with Gasteiger partial charge in [0, 0.05) is 60.1 Å². The van der Waals surface area contributed by atoms with Crippen molar-refractivity contribution in [3.63, 3.8) is 0 Å². The first-order valence-electron chi connectivity index (χ1n) is 14.1. The zero-order valence-electron chi connectivity index (χ0n) is 24.1. The molecule has 10 heteroatoms. The Morgan fingerprint density at radius 3 is 2.74 bits per heavy atom. The highest BCUT2D eigenvalue weighted by molar-refractivity contribution is 6.35. The smallest absolute Gasteiger partial charge is 0.246 e. The van der Waals surface area contributed by atoms with Gasteiger partial charge in [0.05, 0.1) is 16.2 Å². The van der Waals surface area contributed by atoms with Gasteiger partial charge in [-0.05, 0) is 63.3 Å². The van der Waals surface area contributed by atoms with E-state index in [-0.39, 0.29) is 41.0 Å². The molecule has 2 aliphatic rings. The average molecular weight is 587 g/mol. The second kappa shape index (κ2) is 11.0. The van der Waals surface area contributed by atoms with E-state index in [0.29, 0.717) is 35.8 Å². The summed E-state index contributed by atoms with van der Waals surface area (Å²) in [7, 11) is 1.55. The van der Waals surface area contributed by atoms with Crippen molar-refractivity contribution in [1.29, 1.82) is 0 Å². The Morgan fingerprint density at radius 2 is 2.02 bits per heavy atom. The van der Waals surface area contributed by atoms with Crippen molar-refractivity contribution in [2.45, 2.75) is 51.6 Å². The SMILES string of the molecule is C=CC(=O)N1C[C@H](C)N(c2nc(C#CCOC)nc3c(F)c(-c4c(C)ccc5[nH]nc(C6CC6)c45)c(Cl)cc23)C[C@H]1C. The molecule has 2 fully saturated rings. The number of aromatic nitrogens is 4. The molecule has 1 aliphatic carbocycles. The van der Waals surface area contributed by atoms with Crippen molar-refractivity contribution >= 4 is 45.1 Å². The summed E-state index contributed by atoms with van der Waals surface area (Å²) in [4.78, 5) is 25.7. The maximum absolute atomic E-state index is 16.9. The molecule has 0 radical (unpaired) electrons. The van der Waals surface area contributed by atoms with Crippen LogP contribution in [0.3, 0.4) is 0 Å². The first-order chi connectivity index (χ1) is 20.2. The predicted molar refractivity (Wildman–Crippen MR) is 163 cm³/mol. The van der Waals surface area contributed by atoms with Crippen LogP contribution in [0.25, 0.3) is 32.9 Å². The van der Waals surface area contributed by atoms with Gasteiger partial charge in [-0.1, -0.05) is 30.2 Å². The molecule has 1 aliphatic heterocycles. The Hall–Kier alpha value is -4.00. The van der Waals surface area contributed by atoms with Crippen LogP contribution in [-0.4, -0.2) is 69.9 Å². The van der Waals surface area contributed by atoms with Crippen LogP contribution in [0.2, 0.25) is 5.02 Å². The Balaban J connectivity index is 1.57. The topological polar surface area (TPSA) is 87.2 Å². The molecule has 4 aromatic rings. The molecule has 8 nitrogen and oxygen atoms in total. The molecule has 0 spiro atoms. The molecular weight excluding hydrogens is 555 g/mol.